The largest absolute Gasteiger partial charge is 0.375 e. The lowest BCUT2D eigenvalue weighted by Crippen LogP contribution is -2.30. The second kappa shape index (κ2) is 9.35. The Morgan fingerprint density at radius 2 is 2.09 bits per heavy atom. The zero-order valence-electron chi connectivity index (χ0n) is 15.9. The fourth-order valence-electron chi connectivity index (χ4n) is 4.11. The predicted octanol–water partition coefficient (Wildman–Crippen LogP) is 6.34. The molecule has 1 fully saturated rings. The molecule has 0 aromatic rings. The lowest BCUT2D eigenvalue weighted by molar-refractivity contribution is 0.272. The molecule has 23 heavy (non-hydrogen) atoms. The standard InChI is InChI=1S/C22H37N/c1-5-7-10-14-20-16-21(20)19(4)17-23(6-2)22-15-12-9-8-11-13-18(22)3/h7-8,10-11,19-21H,5-6,9,12-17H2,1-4H3. The minimum atomic E-state index is 0.830. The van der Waals surface area contributed by atoms with Gasteiger partial charge in [0.05, 0.1) is 0 Å². The molecule has 2 rings (SSSR count). The third-order valence-electron chi connectivity index (χ3n) is 5.69. The smallest absolute Gasteiger partial charge is 0.0203 e. The SMILES string of the molecule is CCC=CCC1CC1C(C)CN(CC)C1=C(C)CC=CCCC1. The van der Waals surface area contributed by atoms with E-state index in [1.807, 2.05) is 0 Å². The molecular weight excluding hydrogens is 278 g/mol. The van der Waals surface area contributed by atoms with Crippen molar-refractivity contribution < 1.29 is 0 Å². The number of rotatable bonds is 8. The first-order valence-corrected chi connectivity index (χ1v) is 9.90. The van der Waals surface area contributed by atoms with E-state index in [2.05, 4.69) is 56.9 Å². The van der Waals surface area contributed by atoms with Crippen LogP contribution in [0.25, 0.3) is 0 Å². The first kappa shape index (κ1) is 18.4. The average molecular weight is 316 g/mol. The molecule has 0 saturated heterocycles. The zero-order chi connectivity index (χ0) is 16.7. The molecule has 0 N–H and O–H groups in total. The van der Waals surface area contributed by atoms with Crippen molar-refractivity contribution in [1.82, 2.24) is 4.90 Å². The number of nitrogens with zero attached hydrogens (tertiary/aromatic N) is 1. The van der Waals surface area contributed by atoms with Gasteiger partial charge in [-0.2, -0.15) is 0 Å². The molecule has 0 heterocycles. The van der Waals surface area contributed by atoms with Crippen molar-refractivity contribution in [2.45, 2.75) is 72.6 Å². The Morgan fingerprint density at radius 3 is 2.83 bits per heavy atom. The number of hydrogen-bond acceptors (Lipinski definition) is 1. The zero-order valence-corrected chi connectivity index (χ0v) is 15.9. The molecule has 0 aliphatic heterocycles. The summed E-state index contributed by atoms with van der Waals surface area (Å²) in [7, 11) is 0. The normalized spacial score (nSPS) is 26.3. The van der Waals surface area contributed by atoms with Crippen molar-refractivity contribution in [1.29, 1.82) is 0 Å². The highest BCUT2D eigenvalue weighted by atomic mass is 15.1. The van der Waals surface area contributed by atoms with Crippen LogP contribution in [0.5, 0.6) is 0 Å². The average Bonchev–Trinajstić information content (AvgIpc) is 3.29. The molecule has 3 atom stereocenters. The molecule has 1 nitrogen and oxygen atoms in total. The van der Waals surface area contributed by atoms with E-state index in [0.29, 0.717) is 0 Å². The molecular formula is C22H37N. The second-order valence-electron chi connectivity index (χ2n) is 7.59. The van der Waals surface area contributed by atoms with E-state index in [-0.39, 0.29) is 0 Å². The van der Waals surface area contributed by atoms with Crippen LogP contribution >= 0.6 is 0 Å². The van der Waals surface area contributed by atoms with Crippen LogP contribution in [0.2, 0.25) is 0 Å². The van der Waals surface area contributed by atoms with Crippen LogP contribution in [0.1, 0.15) is 72.6 Å². The van der Waals surface area contributed by atoms with E-state index >= 15 is 0 Å². The van der Waals surface area contributed by atoms with Crippen LogP contribution in [-0.4, -0.2) is 18.0 Å². The molecule has 0 spiro atoms. The summed E-state index contributed by atoms with van der Waals surface area (Å²) in [4.78, 5) is 2.69. The fraction of sp³-hybridized carbons (Fsp3) is 0.727. The molecule has 3 unspecified atom stereocenters. The molecule has 130 valence electrons. The minimum Gasteiger partial charge on any atom is -0.375 e. The maximum Gasteiger partial charge on any atom is 0.0203 e. The molecule has 2 aliphatic rings. The Bertz CT molecular complexity index is 443. The van der Waals surface area contributed by atoms with Gasteiger partial charge < -0.3 is 4.90 Å². The summed E-state index contributed by atoms with van der Waals surface area (Å²) in [6, 6.07) is 0. The monoisotopic (exact) mass is 315 g/mol. The van der Waals surface area contributed by atoms with E-state index in [9.17, 15) is 0 Å². The van der Waals surface area contributed by atoms with Crippen LogP contribution in [0.3, 0.4) is 0 Å². The van der Waals surface area contributed by atoms with Crippen molar-refractivity contribution in [2.75, 3.05) is 13.1 Å². The van der Waals surface area contributed by atoms with Gasteiger partial charge in [0, 0.05) is 18.8 Å². The summed E-state index contributed by atoms with van der Waals surface area (Å²) in [6.45, 7) is 11.8. The van der Waals surface area contributed by atoms with Gasteiger partial charge >= 0.3 is 0 Å². The summed E-state index contributed by atoms with van der Waals surface area (Å²) in [6.07, 6.45) is 18.4. The predicted molar refractivity (Wildman–Crippen MR) is 102 cm³/mol. The molecule has 0 radical (unpaired) electrons. The van der Waals surface area contributed by atoms with Crippen molar-refractivity contribution >= 4 is 0 Å². The minimum absolute atomic E-state index is 0.830. The first-order valence-electron chi connectivity index (χ1n) is 9.90. The third-order valence-corrected chi connectivity index (χ3v) is 5.69. The van der Waals surface area contributed by atoms with Crippen molar-refractivity contribution in [3.63, 3.8) is 0 Å². The van der Waals surface area contributed by atoms with Gasteiger partial charge in [-0.25, -0.2) is 0 Å². The Kier molecular flexibility index (Phi) is 7.46. The van der Waals surface area contributed by atoms with Crippen molar-refractivity contribution in [3.05, 3.63) is 35.6 Å². The van der Waals surface area contributed by atoms with Crippen LogP contribution in [0.4, 0.5) is 0 Å². The Morgan fingerprint density at radius 1 is 1.26 bits per heavy atom. The lowest BCUT2D eigenvalue weighted by atomic mass is 9.98. The molecule has 0 aromatic heterocycles. The van der Waals surface area contributed by atoms with Gasteiger partial charge in [-0.3, -0.25) is 0 Å². The number of allylic oxidation sites excluding steroid dienone is 6. The first-order chi connectivity index (χ1) is 11.2. The van der Waals surface area contributed by atoms with E-state index in [1.54, 1.807) is 11.3 Å². The van der Waals surface area contributed by atoms with Gasteiger partial charge in [0.2, 0.25) is 0 Å². The molecule has 0 bridgehead atoms. The summed E-state index contributed by atoms with van der Waals surface area (Å²) in [5, 5.41) is 0. The Labute approximate surface area is 144 Å². The van der Waals surface area contributed by atoms with E-state index in [0.717, 1.165) is 30.7 Å². The molecule has 1 heteroatoms. The fourth-order valence-corrected chi connectivity index (χ4v) is 4.11. The van der Waals surface area contributed by atoms with Crippen LogP contribution < -0.4 is 0 Å². The van der Waals surface area contributed by atoms with Crippen LogP contribution in [0.15, 0.2) is 35.6 Å². The topological polar surface area (TPSA) is 3.24 Å². The van der Waals surface area contributed by atoms with Gasteiger partial charge in [-0.1, -0.05) is 43.7 Å². The second-order valence-corrected chi connectivity index (χ2v) is 7.59. The summed E-state index contributed by atoms with van der Waals surface area (Å²) < 4.78 is 0. The molecule has 0 aromatic carbocycles. The summed E-state index contributed by atoms with van der Waals surface area (Å²) in [5.41, 5.74) is 3.24. The van der Waals surface area contributed by atoms with Gasteiger partial charge in [0.1, 0.15) is 0 Å². The maximum absolute atomic E-state index is 2.69. The molecule has 2 aliphatic carbocycles. The highest BCUT2D eigenvalue weighted by molar-refractivity contribution is 5.16. The van der Waals surface area contributed by atoms with Crippen molar-refractivity contribution in [2.24, 2.45) is 17.8 Å². The highest BCUT2D eigenvalue weighted by Crippen LogP contribution is 2.47. The Hall–Kier alpha value is -0.980. The van der Waals surface area contributed by atoms with Crippen molar-refractivity contribution in [3.8, 4) is 0 Å². The van der Waals surface area contributed by atoms with E-state index in [4.69, 9.17) is 0 Å². The lowest BCUT2D eigenvalue weighted by Gasteiger charge is -2.31. The van der Waals surface area contributed by atoms with Crippen LogP contribution in [-0.2, 0) is 0 Å². The summed E-state index contributed by atoms with van der Waals surface area (Å²) >= 11 is 0. The van der Waals surface area contributed by atoms with E-state index < -0.39 is 0 Å². The van der Waals surface area contributed by atoms with Gasteiger partial charge in [0.25, 0.3) is 0 Å². The summed E-state index contributed by atoms with van der Waals surface area (Å²) in [5.74, 6) is 2.75. The molecule has 1 saturated carbocycles. The third kappa shape index (κ3) is 5.55. The quantitative estimate of drug-likeness (QED) is 0.472. The van der Waals surface area contributed by atoms with E-state index in [1.165, 1.54) is 45.1 Å². The van der Waals surface area contributed by atoms with Gasteiger partial charge in [0.15, 0.2) is 0 Å². The Balaban J connectivity index is 1.90. The maximum atomic E-state index is 2.69. The number of hydrogen-bond donors (Lipinski definition) is 0. The van der Waals surface area contributed by atoms with Crippen LogP contribution in [0, 0.1) is 17.8 Å². The van der Waals surface area contributed by atoms with Gasteiger partial charge in [-0.15, -0.1) is 0 Å². The van der Waals surface area contributed by atoms with Gasteiger partial charge in [-0.05, 0) is 76.5 Å². The highest BCUT2D eigenvalue weighted by Gasteiger charge is 2.40. The molecule has 0 amide bonds.